The Hall–Kier alpha value is -0.610. The lowest BCUT2D eigenvalue weighted by Crippen LogP contribution is -2.50. The molecule has 0 aromatic rings. The van der Waals surface area contributed by atoms with Gasteiger partial charge < -0.3 is 16.4 Å². The van der Waals surface area contributed by atoms with Crippen molar-refractivity contribution in [2.24, 2.45) is 17.4 Å². The van der Waals surface area contributed by atoms with Crippen LogP contribution in [0.15, 0.2) is 0 Å². The molecule has 4 nitrogen and oxygen atoms in total. The molecule has 0 spiro atoms. The fourth-order valence-corrected chi connectivity index (χ4v) is 2.81. The molecule has 3 atom stereocenters. The lowest BCUT2D eigenvalue weighted by atomic mass is 9.90. The molecular weight excluding hydrogens is 190 g/mol. The van der Waals surface area contributed by atoms with Gasteiger partial charge in [0, 0.05) is 25.0 Å². The second-order valence-corrected chi connectivity index (χ2v) is 4.87. The summed E-state index contributed by atoms with van der Waals surface area (Å²) < 4.78 is 0. The molecule has 2 fully saturated rings. The monoisotopic (exact) mass is 211 g/mol. The first kappa shape index (κ1) is 10.9. The molecule has 4 N–H and O–H groups in total. The Bertz CT molecular complexity index is 244. The fourth-order valence-electron chi connectivity index (χ4n) is 2.81. The summed E-state index contributed by atoms with van der Waals surface area (Å²) in [6, 6.07) is 0.460. The van der Waals surface area contributed by atoms with E-state index in [1.807, 2.05) is 4.90 Å². The Balaban J connectivity index is 2.00. The molecule has 1 aliphatic carbocycles. The van der Waals surface area contributed by atoms with Crippen LogP contribution in [0.3, 0.4) is 0 Å². The van der Waals surface area contributed by atoms with E-state index in [2.05, 4.69) is 0 Å². The second kappa shape index (κ2) is 4.49. The summed E-state index contributed by atoms with van der Waals surface area (Å²) in [7, 11) is 0. The number of carbonyl (C=O) groups excluding carboxylic acids is 1. The van der Waals surface area contributed by atoms with Gasteiger partial charge in [-0.2, -0.15) is 0 Å². The van der Waals surface area contributed by atoms with Gasteiger partial charge in [-0.15, -0.1) is 0 Å². The molecule has 1 saturated heterocycles. The molecule has 1 amide bonds. The minimum Gasteiger partial charge on any atom is -0.338 e. The van der Waals surface area contributed by atoms with E-state index in [0.29, 0.717) is 18.9 Å². The van der Waals surface area contributed by atoms with Crippen LogP contribution in [0.2, 0.25) is 0 Å². The largest absolute Gasteiger partial charge is 0.338 e. The molecule has 2 aliphatic rings. The highest BCUT2D eigenvalue weighted by atomic mass is 16.2. The van der Waals surface area contributed by atoms with E-state index >= 15 is 0 Å². The van der Waals surface area contributed by atoms with Crippen LogP contribution < -0.4 is 11.5 Å². The third-order valence-electron chi connectivity index (χ3n) is 3.75. The summed E-state index contributed by atoms with van der Waals surface area (Å²) in [6.45, 7) is 1.44. The maximum atomic E-state index is 11.8. The smallest absolute Gasteiger partial charge is 0.223 e. The van der Waals surface area contributed by atoms with Gasteiger partial charge in [-0.05, 0) is 25.3 Å². The second-order valence-electron chi connectivity index (χ2n) is 4.87. The average Bonchev–Trinajstić information content (AvgIpc) is 2.60. The van der Waals surface area contributed by atoms with Crippen molar-refractivity contribution in [2.45, 2.75) is 44.2 Å². The number of likely N-dealkylation sites (tertiary alicyclic amines) is 1. The van der Waals surface area contributed by atoms with Crippen LogP contribution in [0.1, 0.15) is 32.1 Å². The van der Waals surface area contributed by atoms with Crippen molar-refractivity contribution in [1.82, 2.24) is 4.90 Å². The van der Waals surface area contributed by atoms with Crippen LogP contribution in [0, 0.1) is 5.92 Å². The number of nitrogens with two attached hydrogens (primary N) is 2. The van der Waals surface area contributed by atoms with Gasteiger partial charge in [-0.1, -0.05) is 12.8 Å². The summed E-state index contributed by atoms with van der Waals surface area (Å²) in [4.78, 5) is 13.8. The minimum absolute atomic E-state index is 0.180. The Morgan fingerprint density at radius 1 is 1.33 bits per heavy atom. The van der Waals surface area contributed by atoms with Gasteiger partial charge in [-0.3, -0.25) is 4.79 Å². The van der Waals surface area contributed by atoms with E-state index in [1.165, 1.54) is 12.8 Å². The zero-order valence-electron chi connectivity index (χ0n) is 9.19. The van der Waals surface area contributed by atoms with Crippen molar-refractivity contribution in [3.05, 3.63) is 0 Å². The van der Waals surface area contributed by atoms with Crippen molar-refractivity contribution in [3.8, 4) is 0 Å². The van der Waals surface area contributed by atoms with Gasteiger partial charge in [-0.25, -0.2) is 0 Å². The third-order valence-corrected chi connectivity index (χ3v) is 3.75. The maximum Gasteiger partial charge on any atom is 0.223 e. The van der Waals surface area contributed by atoms with Crippen molar-refractivity contribution in [3.63, 3.8) is 0 Å². The van der Waals surface area contributed by atoms with Gasteiger partial charge in [0.25, 0.3) is 0 Å². The molecule has 0 aromatic carbocycles. The Labute approximate surface area is 91.0 Å². The molecule has 0 aromatic heterocycles. The molecule has 2 rings (SSSR count). The molecule has 1 saturated carbocycles. The van der Waals surface area contributed by atoms with E-state index in [-0.39, 0.29) is 18.0 Å². The molecular formula is C11H21N3O. The first-order valence-corrected chi connectivity index (χ1v) is 5.97. The zero-order chi connectivity index (χ0) is 10.8. The van der Waals surface area contributed by atoms with Crippen LogP contribution in [0.25, 0.3) is 0 Å². The summed E-state index contributed by atoms with van der Waals surface area (Å²) in [5.41, 5.74) is 11.7. The molecule has 0 bridgehead atoms. The highest BCUT2D eigenvalue weighted by molar-refractivity contribution is 5.79. The number of rotatable bonds is 2. The minimum atomic E-state index is 0.180. The number of amides is 1. The third kappa shape index (κ3) is 2.16. The van der Waals surface area contributed by atoms with Gasteiger partial charge in [0.15, 0.2) is 0 Å². The fraction of sp³-hybridized carbons (Fsp3) is 0.909. The van der Waals surface area contributed by atoms with E-state index in [4.69, 9.17) is 11.5 Å². The Morgan fingerprint density at radius 3 is 2.67 bits per heavy atom. The van der Waals surface area contributed by atoms with Gasteiger partial charge in [0.05, 0.1) is 0 Å². The lowest BCUT2D eigenvalue weighted by molar-refractivity contribution is -0.130. The van der Waals surface area contributed by atoms with E-state index < -0.39 is 0 Å². The quantitative estimate of drug-likeness (QED) is 0.678. The van der Waals surface area contributed by atoms with Crippen LogP contribution in [0.5, 0.6) is 0 Å². The van der Waals surface area contributed by atoms with Crippen molar-refractivity contribution < 1.29 is 4.79 Å². The van der Waals surface area contributed by atoms with Gasteiger partial charge >= 0.3 is 0 Å². The topological polar surface area (TPSA) is 72.4 Å². The van der Waals surface area contributed by atoms with Gasteiger partial charge in [0.1, 0.15) is 0 Å². The number of hydrogen-bond acceptors (Lipinski definition) is 3. The summed E-state index contributed by atoms with van der Waals surface area (Å²) >= 11 is 0. The summed E-state index contributed by atoms with van der Waals surface area (Å²) in [5, 5.41) is 0. The Morgan fingerprint density at radius 2 is 2.07 bits per heavy atom. The molecule has 1 aliphatic heterocycles. The molecule has 1 unspecified atom stereocenters. The molecule has 0 radical (unpaired) electrons. The highest BCUT2D eigenvalue weighted by Crippen LogP contribution is 2.27. The van der Waals surface area contributed by atoms with E-state index in [9.17, 15) is 4.79 Å². The van der Waals surface area contributed by atoms with Crippen LogP contribution >= 0.6 is 0 Å². The van der Waals surface area contributed by atoms with Crippen LogP contribution in [0.4, 0.5) is 0 Å². The predicted octanol–water partition coefficient (Wildman–Crippen LogP) is 0.0635. The van der Waals surface area contributed by atoms with Crippen LogP contribution in [-0.4, -0.2) is 36.0 Å². The summed E-state index contributed by atoms with van der Waals surface area (Å²) in [6.07, 6.45) is 5.17. The van der Waals surface area contributed by atoms with Crippen molar-refractivity contribution in [1.29, 1.82) is 0 Å². The number of hydrogen-bond donors (Lipinski definition) is 2. The van der Waals surface area contributed by atoms with E-state index in [1.54, 1.807) is 0 Å². The Kier molecular flexibility index (Phi) is 3.26. The number of carbonyl (C=O) groups is 1. The molecule has 1 heterocycles. The lowest BCUT2D eigenvalue weighted by Gasteiger charge is -2.36. The highest BCUT2D eigenvalue weighted by Gasteiger charge is 2.36. The maximum absolute atomic E-state index is 11.8. The van der Waals surface area contributed by atoms with E-state index in [0.717, 1.165) is 19.4 Å². The summed E-state index contributed by atoms with van der Waals surface area (Å²) in [5.74, 6) is 0.611. The number of nitrogens with zero attached hydrogens (tertiary/aromatic N) is 1. The van der Waals surface area contributed by atoms with Crippen LogP contribution in [-0.2, 0) is 4.79 Å². The van der Waals surface area contributed by atoms with Crippen molar-refractivity contribution >= 4 is 5.91 Å². The zero-order valence-corrected chi connectivity index (χ0v) is 9.19. The SMILES string of the molecule is NCC1CC(=O)N([C@@H]2CCCC[C@H]2N)C1. The standard InChI is InChI=1S/C11H21N3O/c12-6-8-5-11(15)14(7-8)10-4-2-1-3-9(10)13/h8-10H,1-7,12-13H2/t8?,9-,10-/m1/s1. The predicted molar refractivity (Wildman–Crippen MR) is 59.1 cm³/mol. The molecule has 15 heavy (non-hydrogen) atoms. The average molecular weight is 211 g/mol. The molecule has 86 valence electrons. The first-order valence-electron chi connectivity index (χ1n) is 5.97. The first-order chi connectivity index (χ1) is 7.22. The normalized spacial score (nSPS) is 37.3. The van der Waals surface area contributed by atoms with Gasteiger partial charge in [0.2, 0.25) is 5.91 Å². The molecule has 4 heteroatoms. The van der Waals surface area contributed by atoms with Crippen molar-refractivity contribution in [2.75, 3.05) is 13.1 Å².